The van der Waals surface area contributed by atoms with Crippen LogP contribution in [0.4, 0.5) is 5.69 Å². The number of hydrogen-bond donors (Lipinski definition) is 1. The summed E-state index contributed by atoms with van der Waals surface area (Å²) in [6.07, 6.45) is 3.15. The number of carbonyl (C=O) groups excluding carboxylic acids is 2. The molecule has 10 heteroatoms. The molecule has 0 saturated carbocycles. The van der Waals surface area contributed by atoms with Crippen LogP contribution < -0.4 is 19.1 Å². The van der Waals surface area contributed by atoms with Gasteiger partial charge in [0.1, 0.15) is 29.8 Å². The summed E-state index contributed by atoms with van der Waals surface area (Å²) in [6, 6.07) is 22.1. The van der Waals surface area contributed by atoms with Crippen LogP contribution in [-0.4, -0.2) is 57.6 Å². The second-order valence-corrected chi connectivity index (χ2v) is 11.5. The van der Waals surface area contributed by atoms with Crippen molar-refractivity contribution < 1.29 is 27.5 Å². The van der Waals surface area contributed by atoms with Crippen molar-refractivity contribution in [2.45, 2.75) is 45.7 Å². The summed E-state index contributed by atoms with van der Waals surface area (Å²) >= 11 is 0. The molecule has 0 heterocycles. The number of rotatable bonds is 15. The first kappa shape index (κ1) is 31.5. The second-order valence-electron chi connectivity index (χ2n) is 9.62. The number of amides is 2. The molecule has 2 amide bonds. The van der Waals surface area contributed by atoms with Gasteiger partial charge in [-0.05, 0) is 66.9 Å². The van der Waals surface area contributed by atoms with Crippen LogP contribution in [-0.2, 0) is 26.2 Å². The fourth-order valence-corrected chi connectivity index (χ4v) is 5.16. The van der Waals surface area contributed by atoms with Crippen LogP contribution in [0.1, 0.15) is 38.7 Å². The lowest BCUT2D eigenvalue weighted by atomic mass is 10.1. The second kappa shape index (κ2) is 15.1. The molecule has 0 aliphatic rings. The minimum atomic E-state index is -3.85. The van der Waals surface area contributed by atoms with Crippen molar-refractivity contribution in [1.82, 2.24) is 10.2 Å². The fourth-order valence-electron chi connectivity index (χ4n) is 4.31. The highest BCUT2D eigenvalue weighted by molar-refractivity contribution is 7.92. The Hall–Kier alpha value is -4.05. The number of anilines is 1. The van der Waals surface area contributed by atoms with Crippen molar-refractivity contribution >= 4 is 27.5 Å². The molecule has 0 saturated heterocycles. The van der Waals surface area contributed by atoms with Gasteiger partial charge in [0.2, 0.25) is 21.8 Å². The molecule has 0 spiro atoms. The Balaban J connectivity index is 1.89. The lowest BCUT2D eigenvalue weighted by Crippen LogP contribution is -2.52. The molecule has 0 aromatic heterocycles. The molecule has 220 valence electrons. The average Bonchev–Trinajstić information content (AvgIpc) is 2.96. The zero-order valence-corrected chi connectivity index (χ0v) is 24.9. The maximum absolute atomic E-state index is 13.9. The Morgan fingerprint density at radius 2 is 1.56 bits per heavy atom. The number of unbranched alkanes of at least 4 members (excludes halogenated alkanes) is 1. The number of carbonyl (C=O) groups is 2. The first-order valence-electron chi connectivity index (χ1n) is 13.7. The number of para-hydroxylation sites is 1. The number of hydrogen-bond acceptors (Lipinski definition) is 6. The lowest BCUT2D eigenvalue weighted by Gasteiger charge is -2.33. The van der Waals surface area contributed by atoms with Crippen LogP contribution in [0.3, 0.4) is 0 Å². The van der Waals surface area contributed by atoms with E-state index in [0.717, 1.165) is 29.0 Å². The molecule has 1 N–H and O–H groups in total. The van der Waals surface area contributed by atoms with Crippen molar-refractivity contribution in [3.63, 3.8) is 0 Å². The maximum Gasteiger partial charge on any atom is 0.244 e. The Morgan fingerprint density at radius 1 is 0.902 bits per heavy atom. The molecule has 0 radical (unpaired) electrons. The predicted molar refractivity (Wildman–Crippen MR) is 161 cm³/mol. The largest absolute Gasteiger partial charge is 0.497 e. The van der Waals surface area contributed by atoms with E-state index in [1.807, 2.05) is 50.2 Å². The Labute approximate surface area is 243 Å². The van der Waals surface area contributed by atoms with Gasteiger partial charge in [-0.25, -0.2) is 8.42 Å². The third-order valence-electron chi connectivity index (χ3n) is 6.49. The van der Waals surface area contributed by atoms with Gasteiger partial charge in [-0.3, -0.25) is 13.9 Å². The summed E-state index contributed by atoms with van der Waals surface area (Å²) in [6.45, 7) is 4.00. The van der Waals surface area contributed by atoms with Crippen LogP contribution >= 0.6 is 0 Å². The van der Waals surface area contributed by atoms with Gasteiger partial charge in [-0.2, -0.15) is 0 Å². The van der Waals surface area contributed by atoms with E-state index in [1.165, 1.54) is 4.90 Å². The minimum absolute atomic E-state index is 0.108. The van der Waals surface area contributed by atoms with Gasteiger partial charge in [-0.1, -0.05) is 50.6 Å². The van der Waals surface area contributed by atoms with E-state index >= 15 is 0 Å². The molecule has 0 fully saturated rings. The molecule has 0 unspecified atom stereocenters. The van der Waals surface area contributed by atoms with Crippen LogP contribution in [0.15, 0.2) is 78.9 Å². The molecule has 0 aliphatic carbocycles. The quantitative estimate of drug-likeness (QED) is 0.254. The highest BCUT2D eigenvalue weighted by Gasteiger charge is 2.31. The van der Waals surface area contributed by atoms with E-state index in [1.54, 1.807) is 49.6 Å². The van der Waals surface area contributed by atoms with E-state index in [4.69, 9.17) is 9.47 Å². The summed E-state index contributed by atoms with van der Waals surface area (Å²) in [5.41, 5.74) is 1.06. The molecule has 9 nitrogen and oxygen atoms in total. The summed E-state index contributed by atoms with van der Waals surface area (Å²) in [5, 5.41) is 2.92. The van der Waals surface area contributed by atoms with Gasteiger partial charge in [0.15, 0.2) is 0 Å². The Bertz CT molecular complexity index is 1380. The number of nitrogens with one attached hydrogen (secondary N) is 1. The van der Waals surface area contributed by atoms with Gasteiger partial charge >= 0.3 is 0 Å². The Morgan fingerprint density at radius 3 is 2.17 bits per heavy atom. The van der Waals surface area contributed by atoms with Crippen molar-refractivity contribution in [3.05, 3.63) is 84.4 Å². The van der Waals surface area contributed by atoms with E-state index in [9.17, 15) is 18.0 Å². The normalized spacial score (nSPS) is 11.8. The third-order valence-corrected chi connectivity index (χ3v) is 7.63. The molecule has 41 heavy (non-hydrogen) atoms. The van der Waals surface area contributed by atoms with Crippen molar-refractivity contribution in [1.29, 1.82) is 0 Å². The van der Waals surface area contributed by atoms with Crippen LogP contribution in [0.25, 0.3) is 0 Å². The minimum Gasteiger partial charge on any atom is -0.497 e. The molecule has 3 rings (SSSR count). The summed E-state index contributed by atoms with van der Waals surface area (Å²) in [5.74, 6) is 1.01. The summed E-state index contributed by atoms with van der Waals surface area (Å²) < 4.78 is 38.0. The number of nitrogens with zero attached hydrogens (tertiary/aromatic N) is 2. The van der Waals surface area contributed by atoms with E-state index in [2.05, 4.69) is 5.32 Å². The molecular weight excluding hydrogens is 542 g/mol. The topological polar surface area (TPSA) is 105 Å². The molecule has 3 aromatic rings. The van der Waals surface area contributed by atoms with Crippen molar-refractivity contribution in [2.24, 2.45) is 0 Å². The van der Waals surface area contributed by atoms with E-state index in [0.29, 0.717) is 35.9 Å². The molecule has 1 atom stereocenters. The zero-order chi connectivity index (χ0) is 29.8. The van der Waals surface area contributed by atoms with Crippen LogP contribution in [0.2, 0.25) is 0 Å². The summed E-state index contributed by atoms with van der Waals surface area (Å²) in [4.78, 5) is 28.5. The third kappa shape index (κ3) is 9.24. The molecule has 0 aliphatic heterocycles. The average molecular weight is 582 g/mol. The SMILES string of the molecule is CCCCNC(=O)[C@H](CC)N(Cc1cccc(OC)c1)C(=O)CN(c1ccc(Oc2ccccc2)cc1)S(C)(=O)=O. The van der Waals surface area contributed by atoms with Gasteiger partial charge in [0.05, 0.1) is 19.1 Å². The fraction of sp³-hybridized carbons (Fsp3) is 0.355. The van der Waals surface area contributed by atoms with Gasteiger partial charge < -0.3 is 19.7 Å². The number of sulfonamides is 1. The van der Waals surface area contributed by atoms with Gasteiger partial charge in [0.25, 0.3) is 0 Å². The number of benzene rings is 3. The van der Waals surface area contributed by atoms with Crippen molar-refractivity contribution in [2.75, 3.05) is 30.8 Å². The zero-order valence-electron chi connectivity index (χ0n) is 24.1. The maximum atomic E-state index is 13.9. The van der Waals surface area contributed by atoms with Crippen LogP contribution in [0.5, 0.6) is 17.2 Å². The molecule has 0 bridgehead atoms. The molecular formula is C31H39N3O6S. The lowest BCUT2D eigenvalue weighted by molar-refractivity contribution is -0.140. The summed E-state index contributed by atoms with van der Waals surface area (Å²) in [7, 11) is -2.29. The highest BCUT2D eigenvalue weighted by Crippen LogP contribution is 2.26. The smallest absolute Gasteiger partial charge is 0.244 e. The van der Waals surface area contributed by atoms with E-state index < -0.39 is 28.5 Å². The first-order valence-corrected chi connectivity index (χ1v) is 15.5. The highest BCUT2D eigenvalue weighted by atomic mass is 32.2. The molecule has 3 aromatic carbocycles. The van der Waals surface area contributed by atoms with Gasteiger partial charge in [-0.15, -0.1) is 0 Å². The van der Waals surface area contributed by atoms with Crippen molar-refractivity contribution in [3.8, 4) is 17.2 Å². The first-order chi connectivity index (χ1) is 19.7. The van der Waals surface area contributed by atoms with Crippen LogP contribution in [0, 0.1) is 0 Å². The Kier molecular flexibility index (Phi) is 11.6. The van der Waals surface area contributed by atoms with E-state index in [-0.39, 0.29) is 12.5 Å². The van der Waals surface area contributed by atoms with Gasteiger partial charge in [0, 0.05) is 13.1 Å². The number of methoxy groups -OCH3 is 1. The number of ether oxygens (including phenoxy) is 2. The monoisotopic (exact) mass is 581 g/mol. The standard InChI is InChI=1S/C31H39N3O6S/c1-5-7-20-32-31(36)29(6-2)33(22-24-12-11-15-28(21-24)39-3)30(35)23-34(41(4,37)38)25-16-18-27(19-17-25)40-26-13-9-8-10-14-26/h8-19,21,29H,5-7,20,22-23H2,1-4H3,(H,32,36)/t29-/m0/s1. The predicted octanol–water partition coefficient (Wildman–Crippen LogP) is 4.98.